The minimum atomic E-state index is -1.50. The molecule has 0 atom stereocenters. The molecule has 0 aliphatic heterocycles. The lowest BCUT2D eigenvalue weighted by molar-refractivity contribution is -0.742. The van der Waals surface area contributed by atoms with Crippen LogP contribution in [0.15, 0.2) is 60.3 Å². The number of unbranched alkanes of at least 4 members (excludes halogenated alkanes) is 15. The maximum Gasteiger partial charge on any atom is 0.291 e. The summed E-state index contributed by atoms with van der Waals surface area (Å²) in [4.78, 5) is 17.9. The second-order valence-electron chi connectivity index (χ2n) is 11.7. The predicted molar refractivity (Wildman–Crippen MR) is 202 cm³/mol. The molecule has 0 aliphatic rings. The maximum absolute atomic E-state index is 8.67. The Morgan fingerprint density at radius 1 is 0.816 bits per heavy atom. The van der Waals surface area contributed by atoms with E-state index in [-0.39, 0.29) is 6.61 Å². The van der Waals surface area contributed by atoms with Gasteiger partial charge in [0, 0.05) is 45.2 Å². The van der Waals surface area contributed by atoms with Crippen LogP contribution in [0.3, 0.4) is 0 Å². The van der Waals surface area contributed by atoms with Crippen molar-refractivity contribution < 1.29 is 20.2 Å². The van der Waals surface area contributed by atoms with Gasteiger partial charge in [0.2, 0.25) is 0 Å². The SMILES string of the molecule is CCCCCCCCCCCCCCCCCCO.Clc1ccc(CON=C(Cn2ccnc2)c2ccc(Cl)cc2Cl)c(Cl)c1.O=[N+]([O-])O. The van der Waals surface area contributed by atoms with Gasteiger partial charge in [-0.3, -0.25) is 0 Å². The van der Waals surface area contributed by atoms with Crippen LogP contribution < -0.4 is 0 Å². The molecule has 3 rings (SSSR count). The summed E-state index contributed by atoms with van der Waals surface area (Å²) in [5.74, 6) is 0. The fourth-order valence-electron chi connectivity index (χ4n) is 4.92. The summed E-state index contributed by atoms with van der Waals surface area (Å²) >= 11 is 24.4. The molecule has 1 heterocycles. The Kier molecular flexibility index (Phi) is 26.5. The molecule has 0 saturated heterocycles. The standard InChI is InChI=1S/C18H13Cl4N3O.C18H38O.HNO3/c19-13-2-1-12(16(21)7-13)10-26-24-18(9-25-6-5-23-11-25)15-4-3-14(20)8-17(15)22;1-2-3-4-5-6-7-8-9-10-11-12-13-14-15-16-17-18-19;2-1(3)4/h1-8,11H,9-10H2;19H,2-18H2,1H3;(H,2,3,4). The van der Waals surface area contributed by atoms with E-state index in [1.807, 2.05) is 10.8 Å². The van der Waals surface area contributed by atoms with E-state index in [2.05, 4.69) is 17.1 Å². The van der Waals surface area contributed by atoms with Gasteiger partial charge in [-0.1, -0.05) is 161 Å². The Bertz CT molecular complexity index is 1290. The van der Waals surface area contributed by atoms with Crippen molar-refractivity contribution in [3.63, 3.8) is 0 Å². The molecule has 0 unspecified atom stereocenters. The number of halogens is 4. The van der Waals surface area contributed by atoms with Gasteiger partial charge in [-0.15, -0.1) is 10.1 Å². The Balaban J connectivity index is 0.000000462. The number of oxime groups is 1. The Morgan fingerprint density at radius 3 is 1.76 bits per heavy atom. The summed E-state index contributed by atoms with van der Waals surface area (Å²) in [5.41, 5.74) is 2.14. The lowest BCUT2D eigenvalue weighted by Crippen LogP contribution is -2.12. The van der Waals surface area contributed by atoms with E-state index in [0.717, 1.165) is 17.5 Å². The third kappa shape index (κ3) is 23.5. The number of aliphatic hydroxyl groups excluding tert-OH is 1. The molecule has 0 aliphatic carbocycles. The minimum absolute atomic E-state index is 0.203. The van der Waals surface area contributed by atoms with Gasteiger partial charge < -0.3 is 19.7 Å². The van der Waals surface area contributed by atoms with Gasteiger partial charge in [0.1, 0.15) is 12.3 Å². The van der Waals surface area contributed by atoms with Crippen LogP contribution in [0.2, 0.25) is 20.1 Å². The fraction of sp³-hybridized carbons (Fsp3) is 0.556. The van der Waals surface area contributed by atoms with Crippen LogP contribution >= 0.6 is 46.4 Å². The van der Waals surface area contributed by atoms with Gasteiger partial charge in [-0.25, -0.2) is 4.98 Å². The molecular formula is C36H52Cl4N4O5. The third-order valence-electron chi connectivity index (χ3n) is 7.56. The molecule has 9 nitrogen and oxygen atoms in total. The maximum atomic E-state index is 8.67. The number of aromatic nitrogens is 2. The second-order valence-corrected chi connectivity index (χ2v) is 13.4. The normalized spacial score (nSPS) is 10.9. The minimum Gasteiger partial charge on any atom is -0.396 e. The van der Waals surface area contributed by atoms with Crippen LogP contribution in [0.5, 0.6) is 0 Å². The number of aliphatic hydroxyl groups is 1. The second kappa shape index (κ2) is 29.2. The molecule has 0 radical (unpaired) electrons. The molecule has 0 fully saturated rings. The number of hydrogen-bond donors (Lipinski definition) is 2. The zero-order valence-electron chi connectivity index (χ0n) is 28.6. The number of imidazole rings is 1. The largest absolute Gasteiger partial charge is 0.396 e. The smallest absolute Gasteiger partial charge is 0.291 e. The first-order valence-electron chi connectivity index (χ1n) is 17.2. The van der Waals surface area contributed by atoms with E-state index in [0.29, 0.717) is 39.0 Å². The summed E-state index contributed by atoms with van der Waals surface area (Å²) in [6.07, 6.45) is 27.4. The van der Waals surface area contributed by atoms with Crippen molar-refractivity contribution in [3.8, 4) is 0 Å². The highest BCUT2D eigenvalue weighted by Crippen LogP contribution is 2.24. The van der Waals surface area contributed by atoms with Crippen molar-refractivity contribution in [3.05, 3.63) is 96.5 Å². The van der Waals surface area contributed by atoms with Crippen LogP contribution in [0, 0.1) is 10.1 Å². The van der Waals surface area contributed by atoms with Gasteiger partial charge in [0.15, 0.2) is 0 Å². The van der Waals surface area contributed by atoms with Gasteiger partial charge >= 0.3 is 0 Å². The predicted octanol–water partition coefficient (Wildman–Crippen LogP) is 12.0. The molecule has 13 heteroatoms. The van der Waals surface area contributed by atoms with E-state index < -0.39 is 5.09 Å². The third-order valence-corrected chi connectivity index (χ3v) is 8.69. The van der Waals surface area contributed by atoms with Crippen LogP contribution in [0.4, 0.5) is 0 Å². The Labute approximate surface area is 311 Å². The van der Waals surface area contributed by atoms with E-state index in [1.54, 1.807) is 48.9 Å². The van der Waals surface area contributed by atoms with Crippen molar-refractivity contribution in [2.45, 2.75) is 123 Å². The van der Waals surface area contributed by atoms with Crippen LogP contribution in [0.25, 0.3) is 0 Å². The number of benzene rings is 2. The molecule has 2 N–H and O–H groups in total. The topological polar surface area (TPSA) is 123 Å². The Morgan fingerprint density at radius 2 is 1.31 bits per heavy atom. The number of nitrogens with zero attached hydrogens (tertiary/aromatic N) is 4. The molecule has 3 aromatic rings. The highest BCUT2D eigenvalue weighted by molar-refractivity contribution is 6.37. The molecule has 0 spiro atoms. The average molecular weight is 763 g/mol. The van der Waals surface area contributed by atoms with Crippen LogP contribution in [-0.4, -0.2) is 37.3 Å². The first-order valence-corrected chi connectivity index (χ1v) is 18.7. The van der Waals surface area contributed by atoms with Crippen molar-refractivity contribution in [1.29, 1.82) is 0 Å². The van der Waals surface area contributed by atoms with E-state index in [9.17, 15) is 0 Å². The first kappa shape index (κ1) is 44.5. The highest BCUT2D eigenvalue weighted by atomic mass is 35.5. The molecular weight excluding hydrogens is 710 g/mol. The van der Waals surface area contributed by atoms with E-state index in [1.165, 1.54) is 96.3 Å². The number of hydrogen-bond acceptors (Lipinski definition) is 6. The molecule has 2 aromatic carbocycles. The molecule has 0 saturated carbocycles. The fourth-order valence-corrected chi connectivity index (χ4v) is 5.90. The van der Waals surface area contributed by atoms with Crippen molar-refractivity contribution in [1.82, 2.24) is 9.55 Å². The first-order chi connectivity index (χ1) is 23.7. The average Bonchev–Trinajstić information content (AvgIpc) is 3.57. The molecule has 0 bridgehead atoms. The molecule has 49 heavy (non-hydrogen) atoms. The van der Waals surface area contributed by atoms with Gasteiger partial charge in [-0.05, 0) is 36.8 Å². The van der Waals surface area contributed by atoms with Crippen molar-refractivity contribution in [2.24, 2.45) is 5.16 Å². The summed E-state index contributed by atoms with van der Waals surface area (Å²) in [7, 11) is 0. The zero-order chi connectivity index (χ0) is 36.1. The Hall–Kier alpha value is -2.56. The van der Waals surface area contributed by atoms with E-state index in [4.69, 9.17) is 71.7 Å². The monoisotopic (exact) mass is 760 g/mol. The molecule has 0 amide bonds. The summed E-state index contributed by atoms with van der Waals surface area (Å²) in [5, 5.41) is 28.7. The summed E-state index contributed by atoms with van der Waals surface area (Å²) in [6, 6.07) is 10.4. The van der Waals surface area contributed by atoms with Gasteiger partial charge in [0.25, 0.3) is 5.09 Å². The summed E-state index contributed by atoms with van der Waals surface area (Å²) in [6.45, 7) is 3.30. The lowest BCUT2D eigenvalue weighted by atomic mass is 10.0. The number of rotatable bonds is 22. The van der Waals surface area contributed by atoms with Crippen molar-refractivity contribution in [2.75, 3.05) is 6.61 Å². The van der Waals surface area contributed by atoms with Gasteiger partial charge in [-0.2, -0.15) is 0 Å². The molecule has 274 valence electrons. The van der Waals surface area contributed by atoms with Gasteiger partial charge in [0.05, 0.1) is 17.9 Å². The van der Waals surface area contributed by atoms with Crippen LogP contribution in [-0.2, 0) is 18.0 Å². The quantitative estimate of drug-likeness (QED) is 0.0455. The lowest BCUT2D eigenvalue weighted by Gasteiger charge is -2.10. The zero-order valence-corrected chi connectivity index (χ0v) is 31.6. The van der Waals surface area contributed by atoms with Crippen LogP contribution in [0.1, 0.15) is 121 Å². The van der Waals surface area contributed by atoms with Crippen molar-refractivity contribution >= 4 is 52.1 Å². The summed E-state index contributed by atoms with van der Waals surface area (Å²) < 4.78 is 1.86. The highest BCUT2D eigenvalue weighted by Gasteiger charge is 2.12. The van der Waals surface area contributed by atoms with E-state index >= 15 is 0 Å². The molecule has 1 aromatic heterocycles.